The molecule has 0 aliphatic heterocycles. The predicted molar refractivity (Wildman–Crippen MR) is 78.3 cm³/mol. The molecule has 0 aliphatic carbocycles. The van der Waals surface area contributed by atoms with Crippen LogP contribution in [0.15, 0.2) is 24.3 Å². The first-order chi connectivity index (χ1) is 8.98. The van der Waals surface area contributed by atoms with E-state index in [1.807, 2.05) is 31.2 Å². The standard InChI is InChI=1S/C13H20ClNO3S/c1-11(12-5-7-13(18-2)8-6-12)15-19(16,17)10-4-3-9-14/h5-8,11,15H,3-4,9-10H2,1-2H3/t11-/m1/s1. The van der Waals surface area contributed by atoms with Crippen LogP contribution in [0, 0.1) is 0 Å². The van der Waals surface area contributed by atoms with Crippen molar-refractivity contribution in [3.05, 3.63) is 29.8 Å². The number of ether oxygens (including phenoxy) is 1. The highest BCUT2D eigenvalue weighted by Gasteiger charge is 2.15. The van der Waals surface area contributed by atoms with Gasteiger partial charge in [-0.3, -0.25) is 0 Å². The number of benzene rings is 1. The first kappa shape index (κ1) is 16.3. The van der Waals surface area contributed by atoms with Gasteiger partial charge in [0.1, 0.15) is 5.75 Å². The molecular formula is C13H20ClNO3S. The number of rotatable bonds is 8. The first-order valence-electron chi connectivity index (χ1n) is 6.18. The average molecular weight is 306 g/mol. The van der Waals surface area contributed by atoms with E-state index in [9.17, 15) is 8.42 Å². The van der Waals surface area contributed by atoms with Crippen molar-refractivity contribution in [2.75, 3.05) is 18.7 Å². The summed E-state index contributed by atoms with van der Waals surface area (Å²) in [4.78, 5) is 0. The summed E-state index contributed by atoms with van der Waals surface area (Å²) < 4.78 is 31.4. The maximum Gasteiger partial charge on any atom is 0.212 e. The fourth-order valence-electron chi connectivity index (χ4n) is 1.68. The van der Waals surface area contributed by atoms with Crippen LogP contribution in [0.5, 0.6) is 5.75 Å². The molecule has 0 aliphatic rings. The van der Waals surface area contributed by atoms with Gasteiger partial charge in [-0.05, 0) is 37.5 Å². The molecule has 0 fully saturated rings. The molecule has 0 amide bonds. The fraction of sp³-hybridized carbons (Fsp3) is 0.538. The van der Waals surface area contributed by atoms with Gasteiger partial charge in [-0.25, -0.2) is 13.1 Å². The van der Waals surface area contributed by atoms with E-state index >= 15 is 0 Å². The van der Waals surface area contributed by atoms with Gasteiger partial charge in [-0.1, -0.05) is 12.1 Å². The van der Waals surface area contributed by atoms with E-state index in [1.165, 1.54) is 0 Å². The van der Waals surface area contributed by atoms with Crippen LogP contribution >= 0.6 is 11.6 Å². The van der Waals surface area contributed by atoms with Gasteiger partial charge in [0.15, 0.2) is 0 Å². The fourth-order valence-corrected chi connectivity index (χ4v) is 3.24. The minimum atomic E-state index is -3.26. The molecule has 108 valence electrons. The lowest BCUT2D eigenvalue weighted by atomic mass is 10.1. The molecule has 1 atom stereocenters. The molecule has 1 rings (SSSR count). The highest BCUT2D eigenvalue weighted by Crippen LogP contribution is 2.18. The summed E-state index contributed by atoms with van der Waals surface area (Å²) in [6.45, 7) is 1.82. The molecule has 4 nitrogen and oxygen atoms in total. The maximum absolute atomic E-state index is 11.8. The number of alkyl halides is 1. The molecule has 1 aromatic carbocycles. The zero-order chi connectivity index (χ0) is 14.3. The lowest BCUT2D eigenvalue weighted by Crippen LogP contribution is -2.29. The Kier molecular flexibility index (Phi) is 6.62. The van der Waals surface area contributed by atoms with Gasteiger partial charge in [-0.2, -0.15) is 0 Å². The molecule has 0 saturated carbocycles. The summed E-state index contributed by atoms with van der Waals surface area (Å²) in [6.07, 6.45) is 1.29. The number of hydrogen-bond acceptors (Lipinski definition) is 3. The van der Waals surface area contributed by atoms with Crippen LogP contribution in [0.25, 0.3) is 0 Å². The quantitative estimate of drug-likeness (QED) is 0.593. The molecule has 0 saturated heterocycles. The number of halogens is 1. The molecule has 19 heavy (non-hydrogen) atoms. The highest BCUT2D eigenvalue weighted by molar-refractivity contribution is 7.89. The third-order valence-electron chi connectivity index (χ3n) is 2.77. The van der Waals surface area contributed by atoms with Gasteiger partial charge in [-0.15, -0.1) is 11.6 Å². The monoisotopic (exact) mass is 305 g/mol. The van der Waals surface area contributed by atoms with Crippen molar-refractivity contribution in [1.29, 1.82) is 0 Å². The number of nitrogens with one attached hydrogen (secondary N) is 1. The Morgan fingerprint density at radius 1 is 1.26 bits per heavy atom. The van der Waals surface area contributed by atoms with Crippen molar-refractivity contribution >= 4 is 21.6 Å². The Labute approximate surface area is 120 Å². The predicted octanol–water partition coefficient (Wildman–Crippen LogP) is 2.69. The number of hydrogen-bond donors (Lipinski definition) is 1. The lowest BCUT2D eigenvalue weighted by Gasteiger charge is -2.15. The van der Waals surface area contributed by atoms with E-state index in [0.29, 0.717) is 18.7 Å². The third-order valence-corrected chi connectivity index (χ3v) is 4.57. The molecule has 0 bridgehead atoms. The van der Waals surface area contributed by atoms with Crippen molar-refractivity contribution in [2.24, 2.45) is 0 Å². The summed E-state index contributed by atoms with van der Waals surface area (Å²) >= 11 is 5.53. The smallest absolute Gasteiger partial charge is 0.212 e. The van der Waals surface area contributed by atoms with E-state index in [2.05, 4.69) is 4.72 Å². The second-order valence-electron chi connectivity index (χ2n) is 4.33. The number of unbranched alkanes of at least 4 members (excludes halogenated alkanes) is 1. The molecule has 6 heteroatoms. The zero-order valence-electron chi connectivity index (χ0n) is 11.2. The average Bonchev–Trinajstić information content (AvgIpc) is 2.38. The molecule has 0 radical (unpaired) electrons. The van der Waals surface area contributed by atoms with Crippen LogP contribution in [0.3, 0.4) is 0 Å². The third kappa shape index (κ3) is 5.80. The van der Waals surface area contributed by atoms with Crippen molar-refractivity contribution in [3.8, 4) is 5.75 Å². The molecule has 0 aromatic heterocycles. The summed E-state index contributed by atoms with van der Waals surface area (Å²) in [6, 6.07) is 7.07. The minimum absolute atomic E-state index is 0.111. The Hall–Kier alpha value is -0.780. The van der Waals surface area contributed by atoms with E-state index in [1.54, 1.807) is 7.11 Å². The van der Waals surface area contributed by atoms with Crippen molar-refractivity contribution in [2.45, 2.75) is 25.8 Å². The summed E-state index contributed by atoms with van der Waals surface area (Å²) in [5, 5.41) is 0. The molecular weight excluding hydrogens is 286 g/mol. The van der Waals surface area contributed by atoms with Crippen LogP contribution in [0.1, 0.15) is 31.4 Å². The second kappa shape index (κ2) is 7.72. The SMILES string of the molecule is COc1ccc([C@@H](C)NS(=O)(=O)CCCCCl)cc1. The van der Waals surface area contributed by atoms with Gasteiger partial charge in [0.05, 0.1) is 12.9 Å². The zero-order valence-corrected chi connectivity index (χ0v) is 12.8. The maximum atomic E-state index is 11.8. The Morgan fingerprint density at radius 3 is 2.42 bits per heavy atom. The van der Waals surface area contributed by atoms with E-state index in [-0.39, 0.29) is 11.8 Å². The molecule has 0 unspecified atom stereocenters. The molecule has 1 aromatic rings. The van der Waals surface area contributed by atoms with Crippen molar-refractivity contribution < 1.29 is 13.2 Å². The lowest BCUT2D eigenvalue weighted by molar-refractivity contribution is 0.414. The normalized spacial score (nSPS) is 13.2. The first-order valence-corrected chi connectivity index (χ1v) is 8.37. The largest absolute Gasteiger partial charge is 0.497 e. The minimum Gasteiger partial charge on any atom is -0.497 e. The van der Waals surface area contributed by atoms with E-state index in [0.717, 1.165) is 11.3 Å². The van der Waals surface area contributed by atoms with Crippen LogP contribution in [-0.4, -0.2) is 27.2 Å². The van der Waals surface area contributed by atoms with E-state index in [4.69, 9.17) is 16.3 Å². The molecule has 1 N–H and O–H groups in total. The van der Waals surface area contributed by atoms with Crippen LogP contribution in [0.2, 0.25) is 0 Å². The van der Waals surface area contributed by atoms with Gasteiger partial charge < -0.3 is 4.74 Å². The van der Waals surface area contributed by atoms with Gasteiger partial charge in [0.2, 0.25) is 10.0 Å². The highest BCUT2D eigenvalue weighted by atomic mass is 35.5. The Morgan fingerprint density at radius 2 is 1.89 bits per heavy atom. The number of methoxy groups -OCH3 is 1. The van der Waals surface area contributed by atoms with Crippen LogP contribution in [-0.2, 0) is 10.0 Å². The van der Waals surface area contributed by atoms with E-state index < -0.39 is 10.0 Å². The van der Waals surface area contributed by atoms with Crippen molar-refractivity contribution in [1.82, 2.24) is 4.72 Å². The summed E-state index contributed by atoms with van der Waals surface area (Å²) in [5.74, 6) is 1.35. The van der Waals surface area contributed by atoms with Gasteiger partial charge >= 0.3 is 0 Å². The topological polar surface area (TPSA) is 55.4 Å². The van der Waals surface area contributed by atoms with Crippen molar-refractivity contribution in [3.63, 3.8) is 0 Å². The van der Waals surface area contributed by atoms with Gasteiger partial charge in [0, 0.05) is 11.9 Å². The number of sulfonamides is 1. The van der Waals surface area contributed by atoms with Crippen LogP contribution < -0.4 is 9.46 Å². The second-order valence-corrected chi connectivity index (χ2v) is 6.58. The van der Waals surface area contributed by atoms with Gasteiger partial charge in [0.25, 0.3) is 0 Å². The summed E-state index contributed by atoms with van der Waals surface area (Å²) in [7, 11) is -1.66. The Bertz CT molecular complexity index is 473. The molecule has 0 heterocycles. The Balaban J connectivity index is 2.59. The molecule has 0 spiro atoms. The van der Waals surface area contributed by atoms with Crippen LogP contribution in [0.4, 0.5) is 0 Å². The summed E-state index contributed by atoms with van der Waals surface area (Å²) in [5.41, 5.74) is 0.904.